The Morgan fingerprint density at radius 2 is 2.35 bits per heavy atom. The van der Waals surface area contributed by atoms with Gasteiger partial charge >= 0.3 is 0 Å². The number of nitrogens with two attached hydrogens (primary N) is 1. The summed E-state index contributed by atoms with van der Waals surface area (Å²) in [6, 6.07) is 5.67. The van der Waals surface area contributed by atoms with E-state index >= 15 is 0 Å². The van der Waals surface area contributed by atoms with E-state index in [1.807, 2.05) is 18.2 Å². The Morgan fingerprint density at radius 3 is 2.94 bits per heavy atom. The lowest BCUT2D eigenvalue weighted by Crippen LogP contribution is -2.25. The highest BCUT2D eigenvalue weighted by Gasteiger charge is 2.38. The number of hydrogen-bond donors (Lipinski definition) is 1. The minimum atomic E-state index is -1.17. The number of halogens is 2. The molecule has 2 atom stereocenters. The molecule has 4 heteroatoms. The van der Waals surface area contributed by atoms with Gasteiger partial charge in [0.05, 0.1) is 7.11 Å². The Kier molecular flexibility index (Phi) is 3.73. The normalized spacial score (nSPS) is 28.4. The zero-order valence-corrected chi connectivity index (χ0v) is 11.5. The van der Waals surface area contributed by atoms with Gasteiger partial charge in [0, 0.05) is 16.9 Å². The predicted molar refractivity (Wildman–Crippen MR) is 70.1 cm³/mol. The SMILES string of the molecule is COc1ccc(Br)cc1CC1(F)CCC(N)C1. The van der Waals surface area contributed by atoms with Crippen LogP contribution in [-0.2, 0) is 6.42 Å². The standard InChI is InChI=1S/C13H17BrFNO/c1-17-12-3-2-10(14)6-9(12)7-13(15)5-4-11(16)8-13/h2-3,6,11H,4-5,7-8,16H2,1H3. The lowest BCUT2D eigenvalue weighted by molar-refractivity contribution is 0.169. The van der Waals surface area contributed by atoms with Crippen LogP contribution in [0, 0.1) is 0 Å². The maximum absolute atomic E-state index is 14.5. The third-order valence-electron chi connectivity index (χ3n) is 3.34. The Balaban J connectivity index is 2.20. The Morgan fingerprint density at radius 1 is 1.59 bits per heavy atom. The van der Waals surface area contributed by atoms with Gasteiger partial charge in [-0.1, -0.05) is 15.9 Å². The molecule has 0 saturated heterocycles. The predicted octanol–water partition coefficient (Wildman–Crippen LogP) is 3.22. The summed E-state index contributed by atoms with van der Waals surface area (Å²) in [4.78, 5) is 0. The van der Waals surface area contributed by atoms with Crippen LogP contribution in [0.2, 0.25) is 0 Å². The van der Waals surface area contributed by atoms with Gasteiger partial charge in [-0.25, -0.2) is 4.39 Å². The molecule has 0 amide bonds. The minimum absolute atomic E-state index is 0.00171. The number of methoxy groups -OCH3 is 1. The highest BCUT2D eigenvalue weighted by Crippen LogP contribution is 2.38. The minimum Gasteiger partial charge on any atom is -0.496 e. The van der Waals surface area contributed by atoms with Crippen molar-refractivity contribution in [1.29, 1.82) is 0 Å². The number of rotatable bonds is 3. The molecule has 94 valence electrons. The van der Waals surface area contributed by atoms with Gasteiger partial charge < -0.3 is 10.5 Å². The van der Waals surface area contributed by atoms with Crippen molar-refractivity contribution in [1.82, 2.24) is 0 Å². The van der Waals surface area contributed by atoms with E-state index in [9.17, 15) is 4.39 Å². The van der Waals surface area contributed by atoms with E-state index in [2.05, 4.69) is 15.9 Å². The summed E-state index contributed by atoms with van der Waals surface area (Å²) in [5.74, 6) is 0.741. The second-order valence-electron chi connectivity index (χ2n) is 4.79. The van der Waals surface area contributed by atoms with Crippen molar-refractivity contribution < 1.29 is 9.13 Å². The summed E-state index contributed by atoms with van der Waals surface area (Å²) in [5.41, 5.74) is 5.51. The number of alkyl halides is 1. The molecule has 1 aromatic carbocycles. The van der Waals surface area contributed by atoms with Gasteiger partial charge in [-0.3, -0.25) is 0 Å². The molecular formula is C13H17BrFNO. The lowest BCUT2D eigenvalue weighted by atomic mass is 9.94. The zero-order valence-electron chi connectivity index (χ0n) is 9.88. The maximum atomic E-state index is 14.5. The average molecular weight is 302 g/mol. The van der Waals surface area contributed by atoms with E-state index in [0.29, 0.717) is 19.3 Å². The highest BCUT2D eigenvalue weighted by molar-refractivity contribution is 9.10. The van der Waals surface area contributed by atoms with E-state index in [-0.39, 0.29) is 6.04 Å². The summed E-state index contributed by atoms with van der Waals surface area (Å²) in [6.45, 7) is 0. The third-order valence-corrected chi connectivity index (χ3v) is 3.83. The lowest BCUT2D eigenvalue weighted by Gasteiger charge is -2.21. The van der Waals surface area contributed by atoms with Gasteiger partial charge in [0.25, 0.3) is 0 Å². The van der Waals surface area contributed by atoms with Gasteiger partial charge in [0.15, 0.2) is 0 Å². The van der Waals surface area contributed by atoms with Crippen LogP contribution in [-0.4, -0.2) is 18.8 Å². The van der Waals surface area contributed by atoms with Gasteiger partial charge in [-0.15, -0.1) is 0 Å². The summed E-state index contributed by atoms with van der Waals surface area (Å²) < 4.78 is 20.8. The summed E-state index contributed by atoms with van der Waals surface area (Å²) in [5, 5.41) is 0. The van der Waals surface area contributed by atoms with Crippen molar-refractivity contribution in [2.24, 2.45) is 5.73 Å². The first-order valence-electron chi connectivity index (χ1n) is 5.79. The van der Waals surface area contributed by atoms with Crippen LogP contribution in [0.4, 0.5) is 4.39 Å². The van der Waals surface area contributed by atoms with Gasteiger partial charge in [0.1, 0.15) is 11.4 Å². The van der Waals surface area contributed by atoms with E-state index in [1.165, 1.54) is 0 Å². The van der Waals surface area contributed by atoms with Crippen molar-refractivity contribution in [2.45, 2.75) is 37.4 Å². The van der Waals surface area contributed by atoms with Crippen molar-refractivity contribution in [2.75, 3.05) is 7.11 Å². The molecule has 0 bridgehead atoms. The Labute approximate surface area is 109 Å². The van der Waals surface area contributed by atoms with Crippen molar-refractivity contribution in [3.63, 3.8) is 0 Å². The van der Waals surface area contributed by atoms with E-state index in [4.69, 9.17) is 10.5 Å². The Hall–Kier alpha value is -0.610. The molecule has 2 N–H and O–H groups in total. The van der Waals surface area contributed by atoms with Crippen LogP contribution >= 0.6 is 15.9 Å². The quantitative estimate of drug-likeness (QED) is 0.930. The molecule has 0 radical (unpaired) electrons. The topological polar surface area (TPSA) is 35.2 Å². The fraction of sp³-hybridized carbons (Fsp3) is 0.538. The Bertz CT molecular complexity index is 412. The van der Waals surface area contributed by atoms with E-state index < -0.39 is 5.67 Å². The molecule has 1 aromatic rings. The molecule has 2 nitrogen and oxygen atoms in total. The summed E-state index contributed by atoms with van der Waals surface area (Å²) >= 11 is 3.40. The van der Waals surface area contributed by atoms with Crippen molar-refractivity contribution in [3.05, 3.63) is 28.2 Å². The molecule has 1 fully saturated rings. The largest absolute Gasteiger partial charge is 0.496 e. The van der Waals surface area contributed by atoms with Crippen LogP contribution in [0.15, 0.2) is 22.7 Å². The van der Waals surface area contributed by atoms with Crippen LogP contribution < -0.4 is 10.5 Å². The van der Waals surface area contributed by atoms with Crippen LogP contribution in [0.5, 0.6) is 5.75 Å². The maximum Gasteiger partial charge on any atom is 0.122 e. The van der Waals surface area contributed by atoms with Gasteiger partial charge in [0.2, 0.25) is 0 Å². The average Bonchev–Trinajstić information content (AvgIpc) is 2.59. The second-order valence-corrected chi connectivity index (χ2v) is 5.70. The summed E-state index contributed by atoms with van der Waals surface area (Å²) in [6.07, 6.45) is 2.14. The van der Waals surface area contributed by atoms with Crippen LogP contribution in [0.3, 0.4) is 0 Å². The van der Waals surface area contributed by atoms with E-state index in [1.54, 1.807) is 7.11 Å². The second kappa shape index (κ2) is 4.94. The van der Waals surface area contributed by atoms with Crippen molar-refractivity contribution >= 4 is 15.9 Å². The molecule has 1 saturated carbocycles. The first-order valence-corrected chi connectivity index (χ1v) is 6.59. The smallest absolute Gasteiger partial charge is 0.122 e. The van der Waals surface area contributed by atoms with E-state index in [0.717, 1.165) is 22.2 Å². The molecule has 1 aliphatic rings. The molecule has 2 rings (SSSR count). The van der Waals surface area contributed by atoms with Crippen LogP contribution in [0.25, 0.3) is 0 Å². The molecule has 1 aliphatic carbocycles. The molecule has 17 heavy (non-hydrogen) atoms. The first kappa shape index (κ1) is 12.8. The molecule has 0 aliphatic heterocycles. The molecular weight excluding hydrogens is 285 g/mol. The molecule has 0 aromatic heterocycles. The number of ether oxygens (including phenoxy) is 1. The number of hydrogen-bond acceptors (Lipinski definition) is 2. The van der Waals surface area contributed by atoms with Crippen molar-refractivity contribution in [3.8, 4) is 5.75 Å². The van der Waals surface area contributed by atoms with Gasteiger partial charge in [-0.05, 0) is 43.0 Å². The first-order chi connectivity index (χ1) is 8.02. The monoisotopic (exact) mass is 301 g/mol. The summed E-state index contributed by atoms with van der Waals surface area (Å²) in [7, 11) is 1.61. The third kappa shape index (κ3) is 2.99. The molecule has 2 unspecified atom stereocenters. The molecule has 0 heterocycles. The molecule has 0 spiro atoms. The zero-order chi connectivity index (χ0) is 12.5. The number of benzene rings is 1. The highest BCUT2D eigenvalue weighted by atomic mass is 79.9. The fourth-order valence-electron chi connectivity index (χ4n) is 2.51. The fourth-order valence-corrected chi connectivity index (χ4v) is 2.91. The van der Waals surface area contributed by atoms with Gasteiger partial charge in [-0.2, -0.15) is 0 Å². The van der Waals surface area contributed by atoms with Crippen LogP contribution in [0.1, 0.15) is 24.8 Å².